The summed E-state index contributed by atoms with van der Waals surface area (Å²) in [4.78, 5) is 26.5. The van der Waals surface area contributed by atoms with Crippen molar-refractivity contribution in [1.82, 2.24) is 5.32 Å². The van der Waals surface area contributed by atoms with E-state index in [2.05, 4.69) is 17.4 Å². The van der Waals surface area contributed by atoms with Crippen LogP contribution in [0.15, 0.2) is 40.8 Å². The monoisotopic (exact) mass is 429 g/mol. The zero-order chi connectivity index (χ0) is 21.9. The van der Waals surface area contributed by atoms with Crippen LogP contribution < -0.4 is 10.1 Å². The number of nitrogens with one attached hydrogen (secondary N) is 1. The third kappa shape index (κ3) is 2.98. The molecule has 2 heterocycles. The first-order valence-electron chi connectivity index (χ1n) is 11.7. The van der Waals surface area contributed by atoms with E-state index in [9.17, 15) is 9.59 Å². The van der Waals surface area contributed by atoms with Crippen molar-refractivity contribution in [2.24, 2.45) is 0 Å². The Kier molecular flexibility index (Phi) is 4.42. The highest BCUT2D eigenvalue weighted by molar-refractivity contribution is 6.13. The zero-order valence-corrected chi connectivity index (χ0v) is 18.3. The van der Waals surface area contributed by atoms with Crippen LogP contribution in [0.4, 0.5) is 0 Å². The predicted octanol–water partition coefficient (Wildman–Crippen LogP) is 5.83. The SMILES string of the molecule is Cc1c(C(=O)N[C@@H]2CCCc3ccccc32)oc2ccc3c(c12)C(=O)CC1(CCCC1)O3. The maximum Gasteiger partial charge on any atom is 0.287 e. The fraction of sp³-hybridized carbons (Fsp3) is 0.407. The fourth-order valence-electron chi connectivity index (χ4n) is 5.98. The van der Waals surface area contributed by atoms with Gasteiger partial charge in [0, 0.05) is 10.9 Å². The van der Waals surface area contributed by atoms with Crippen molar-refractivity contribution in [2.75, 3.05) is 0 Å². The van der Waals surface area contributed by atoms with Gasteiger partial charge < -0.3 is 14.5 Å². The molecule has 2 aliphatic carbocycles. The summed E-state index contributed by atoms with van der Waals surface area (Å²) in [7, 11) is 0. The van der Waals surface area contributed by atoms with Crippen molar-refractivity contribution < 1.29 is 18.7 Å². The van der Waals surface area contributed by atoms with Crippen LogP contribution in [-0.4, -0.2) is 17.3 Å². The van der Waals surface area contributed by atoms with Gasteiger partial charge >= 0.3 is 0 Å². The number of ether oxygens (including phenoxy) is 1. The van der Waals surface area contributed by atoms with Crippen molar-refractivity contribution in [3.63, 3.8) is 0 Å². The van der Waals surface area contributed by atoms with Gasteiger partial charge in [-0.25, -0.2) is 0 Å². The second-order valence-electron chi connectivity index (χ2n) is 9.58. The molecule has 0 bridgehead atoms. The molecule has 1 atom stereocenters. The molecule has 0 unspecified atom stereocenters. The quantitative estimate of drug-likeness (QED) is 0.557. The third-order valence-corrected chi connectivity index (χ3v) is 7.54. The average Bonchev–Trinajstić information content (AvgIpc) is 3.38. The molecular formula is C27H27NO4. The number of Topliss-reactive ketones (excluding diaryl/α,β-unsaturated/α-hetero) is 1. The Labute approximate surface area is 187 Å². The standard InChI is InChI=1S/C27H27NO4/c1-16-23-21(11-12-22-24(23)20(29)15-27(32-22)13-4-5-14-27)31-25(16)26(30)28-19-10-6-8-17-7-2-3-9-18(17)19/h2-3,7,9,11-12,19H,4-6,8,10,13-15H2,1H3,(H,28,30)/t19-/m1/s1. The molecule has 0 saturated heterocycles. The van der Waals surface area contributed by atoms with Crippen molar-refractivity contribution in [2.45, 2.75) is 69.9 Å². The summed E-state index contributed by atoms with van der Waals surface area (Å²) in [5.41, 5.74) is 3.98. The molecule has 1 saturated carbocycles. The molecule has 1 fully saturated rings. The van der Waals surface area contributed by atoms with Gasteiger partial charge in [-0.05, 0) is 75.1 Å². The minimum absolute atomic E-state index is 0.0267. The van der Waals surface area contributed by atoms with Crippen LogP contribution in [0.3, 0.4) is 0 Å². The number of hydrogen-bond acceptors (Lipinski definition) is 4. The van der Waals surface area contributed by atoms with E-state index in [4.69, 9.17) is 9.15 Å². The molecular weight excluding hydrogens is 402 g/mol. The molecule has 164 valence electrons. The maximum absolute atomic E-state index is 13.2. The van der Waals surface area contributed by atoms with Crippen molar-refractivity contribution in [3.05, 3.63) is 64.4 Å². The molecule has 5 nitrogen and oxygen atoms in total. The molecule has 1 aromatic heterocycles. The molecule has 1 spiro atoms. The number of ketones is 1. The topological polar surface area (TPSA) is 68.5 Å². The van der Waals surface area contributed by atoms with Gasteiger partial charge in [-0.2, -0.15) is 0 Å². The first-order chi connectivity index (χ1) is 15.5. The van der Waals surface area contributed by atoms with Gasteiger partial charge in [0.2, 0.25) is 0 Å². The van der Waals surface area contributed by atoms with E-state index in [0.29, 0.717) is 28.9 Å². The summed E-state index contributed by atoms with van der Waals surface area (Å²) >= 11 is 0. The Morgan fingerprint density at radius 2 is 1.91 bits per heavy atom. The number of carbonyl (C=O) groups is 2. The van der Waals surface area contributed by atoms with Crippen LogP contribution in [0.25, 0.3) is 11.0 Å². The number of benzene rings is 2. The van der Waals surface area contributed by atoms with Crippen molar-refractivity contribution >= 4 is 22.7 Å². The highest BCUT2D eigenvalue weighted by Crippen LogP contribution is 2.46. The Hall–Kier alpha value is -3.08. The largest absolute Gasteiger partial charge is 0.486 e. The maximum atomic E-state index is 13.2. The van der Waals surface area contributed by atoms with Gasteiger partial charge in [0.05, 0.1) is 18.0 Å². The summed E-state index contributed by atoms with van der Waals surface area (Å²) in [6.45, 7) is 1.86. The normalized spacial score (nSPS) is 21.3. The van der Waals surface area contributed by atoms with E-state index in [-0.39, 0.29) is 29.1 Å². The van der Waals surface area contributed by atoms with Gasteiger partial charge in [0.25, 0.3) is 5.91 Å². The van der Waals surface area contributed by atoms with Gasteiger partial charge in [0.15, 0.2) is 11.5 Å². The summed E-state index contributed by atoms with van der Waals surface area (Å²) in [6, 6.07) is 11.9. The van der Waals surface area contributed by atoms with E-state index in [1.54, 1.807) is 0 Å². The molecule has 3 aromatic rings. The first-order valence-corrected chi connectivity index (χ1v) is 11.7. The highest BCUT2D eigenvalue weighted by atomic mass is 16.5. The number of aryl methyl sites for hydroxylation is 2. The van der Waals surface area contributed by atoms with Gasteiger partial charge in [-0.3, -0.25) is 9.59 Å². The predicted molar refractivity (Wildman–Crippen MR) is 121 cm³/mol. The Morgan fingerprint density at radius 3 is 2.75 bits per heavy atom. The van der Waals surface area contributed by atoms with E-state index < -0.39 is 0 Å². The lowest BCUT2D eigenvalue weighted by molar-refractivity contribution is 0.0454. The second kappa shape index (κ2) is 7.22. The van der Waals surface area contributed by atoms with Gasteiger partial charge in [-0.1, -0.05) is 24.3 Å². The molecule has 3 aliphatic rings. The summed E-state index contributed by atoms with van der Waals surface area (Å²) in [5.74, 6) is 0.777. The lowest BCUT2D eigenvalue weighted by atomic mass is 9.86. The van der Waals surface area contributed by atoms with Crippen LogP contribution in [-0.2, 0) is 6.42 Å². The number of rotatable bonds is 2. The van der Waals surface area contributed by atoms with Crippen LogP contribution >= 0.6 is 0 Å². The Morgan fingerprint density at radius 1 is 1.09 bits per heavy atom. The molecule has 0 radical (unpaired) electrons. The average molecular weight is 430 g/mol. The molecule has 2 aromatic carbocycles. The van der Waals surface area contributed by atoms with Crippen molar-refractivity contribution in [1.29, 1.82) is 0 Å². The summed E-state index contributed by atoms with van der Waals surface area (Å²) in [6.07, 6.45) is 7.46. The summed E-state index contributed by atoms with van der Waals surface area (Å²) in [5, 5.41) is 3.89. The Bertz CT molecular complexity index is 1250. The van der Waals surface area contributed by atoms with E-state index >= 15 is 0 Å². The van der Waals surface area contributed by atoms with E-state index in [0.717, 1.165) is 50.3 Å². The number of carbonyl (C=O) groups excluding carboxylic acids is 2. The second-order valence-corrected chi connectivity index (χ2v) is 9.58. The zero-order valence-electron chi connectivity index (χ0n) is 18.3. The lowest BCUT2D eigenvalue weighted by Crippen LogP contribution is -2.39. The Balaban J connectivity index is 1.35. The number of furan rings is 1. The first kappa shape index (κ1) is 19.6. The molecule has 6 rings (SSSR count). The lowest BCUT2D eigenvalue weighted by Gasteiger charge is -2.34. The highest BCUT2D eigenvalue weighted by Gasteiger charge is 2.44. The summed E-state index contributed by atoms with van der Waals surface area (Å²) < 4.78 is 12.4. The minimum atomic E-state index is -0.343. The number of amides is 1. The van der Waals surface area contributed by atoms with Crippen LogP contribution in [0.1, 0.15) is 88.6 Å². The van der Waals surface area contributed by atoms with Crippen molar-refractivity contribution in [3.8, 4) is 5.75 Å². The number of fused-ring (bicyclic) bond motifs is 4. The van der Waals surface area contributed by atoms with E-state index in [1.165, 1.54) is 11.1 Å². The molecule has 32 heavy (non-hydrogen) atoms. The van der Waals surface area contributed by atoms with E-state index in [1.807, 2.05) is 31.2 Å². The van der Waals surface area contributed by atoms with Crippen LogP contribution in [0.5, 0.6) is 5.75 Å². The van der Waals surface area contributed by atoms with Gasteiger partial charge in [0.1, 0.15) is 16.9 Å². The minimum Gasteiger partial charge on any atom is -0.486 e. The molecule has 1 N–H and O–H groups in total. The molecule has 1 amide bonds. The van der Waals surface area contributed by atoms with Crippen LogP contribution in [0.2, 0.25) is 0 Å². The third-order valence-electron chi connectivity index (χ3n) is 7.54. The van der Waals surface area contributed by atoms with Crippen LogP contribution in [0, 0.1) is 6.92 Å². The molecule has 1 aliphatic heterocycles. The molecule has 5 heteroatoms. The van der Waals surface area contributed by atoms with Gasteiger partial charge in [-0.15, -0.1) is 0 Å². The smallest absolute Gasteiger partial charge is 0.287 e. The fourth-order valence-corrected chi connectivity index (χ4v) is 5.98. The number of hydrogen-bond donors (Lipinski definition) is 1.